The second-order valence-electron chi connectivity index (χ2n) is 9.05. The molecule has 2 fully saturated rings. The summed E-state index contributed by atoms with van der Waals surface area (Å²) in [4.78, 5) is 25.2. The standard InChI is InChI=1S/C21H25N5O/c1-13-7-5-6-10-26(13)18(27)21-9-8-20(4,19(21,2)3)16-17(21)25-15(12-23)14(11-22)24-16/h13H,5-10H2,1-4H3. The van der Waals surface area contributed by atoms with Crippen molar-refractivity contribution in [1.29, 1.82) is 10.5 Å². The third-order valence-electron chi connectivity index (χ3n) is 7.91. The molecule has 2 heterocycles. The van der Waals surface area contributed by atoms with Gasteiger partial charge in [-0.15, -0.1) is 0 Å². The highest BCUT2D eigenvalue weighted by Crippen LogP contribution is 2.70. The Morgan fingerprint density at radius 1 is 1.07 bits per heavy atom. The van der Waals surface area contributed by atoms with E-state index in [-0.39, 0.29) is 34.2 Å². The lowest BCUT2D eigenvalue weighted by Crippen LogP contribution is -2.56. The van der Waals surface area contributed by atoms with Crippen LogP contribution in [0.25, 0.3) is 0 Å². The third-order valence-corrected chi connectivity index (χ3v) is 7.91. The van der Waals surface area contributed by atoms with Crippen LogP contribution in [-0.4, -0.2) is 33.4 Å². The fourth-order valence-corrected chi connectivity index (χ4v) is 5.76. The van der Waals surface area contributed by atoms with E-state index in [0.29, 0.717) is 5.69 Å². The molecule has 3 aliphatic rings. The fourth-order valence-electron chi connectivity index (χ4n) is 5.76. The van der Waals surface area contributed by atoms with Crippen LogP contribution in [0.5, 0.6) is 0 Å². The molecule has 0 radical (unpaired) electrons. The van der Waals surface area contributed by atoms with Crippen LogP contribution in [0.15, 0.2) is 0 Å². The molecule has 3 unspecified atom stereocenters. The molecule has 1 saturated heterocycles. The Balaban J connectivity index is 1.95. The van der Waals surface area contributed by atoms with Crippen LogP contribution in [-0.2, 0) is 15.6 Å². The normalized spacial score (nSPS) is 33.3. The first-order valence-electron chi connectivity index (χ1n) is 9.79. The lowest BCUT2D eigenvalue weighted by Gasteiger charge is -2.45. The number of likely N-dealkylation sites (tertiary alicyclic amines) is 1. The van der Waals surface area contributed by atoms with Gasteiger partial charge in [0, 0.05) is 18.0 Å². The smallest absolute Gasteiger partial charge is 0.235 e. The van der Waals surface area contributed by atoms with Crippen LogP contribution < -0.4 is 0 Å². The van der Waals surface area contributed by atoms with E-state index in [2.05, 4.69) is 37.7 Å². The van der Waals surface area contributed by atoms with E-state index in [1.54, 1.807) is 0 Å². The molecule has 6 heteroatoms. The average molecular weight is 363 g/mol. The number of nitrogens with zero attached hydrogens (tertiary/aromatic N) is 5. The number of hydrogen-bond donors (Lipinski definition) is 0. The maximum absolute atomic E-state index is 14.0. The maximum atomic E-state index is 14.0. The van der Waals surface area contributed by atoms with Gasteiger partial charge in [0.2, 0.25) is 5.91 Å². The maximum Gasteiger partial charge on any atom is 0.235 e. The molecule has 0 aromatic carbocycles. The summed E-state index contributed by atoms with van der Waals surface area (Å²) in [6.07, 6.45) is 4.76. The number of fused-ring (bicyclic) bond motifs is 5. The van der Waals surface area contributed by atoms with Crippen LogP contribution in [0, 0.1) is 28.1 Å². The Hall–Kier alpha value is -2.47. The lowest BCUT2D eigenvalue weighted by molar-refractivity contribution is -0.145. The number of amides is 1. The Morgan fingerprint density at radius 2 is 1.70 bits per heavy atom. The molecular weight excluding hydrogens is 338 g/mol. The first-order valence-corrected chi connectivity index (χ1v) is 9.79. The summed E-state index contributed by atoms with van der Waals surface area (Å²) in [5.41, 5.74) is -0.000266. The number of nitriles is 2. The lowest BCUT2D eigenvalue weighted by atomic mass is 9.63. The van der Waals surface area contributed by atoms with Gasteiger partial charge in [-0.1, -0.05) is 20.8 Å². The van der Waals surface area contributed by atoms with Gasteiger partial charge in [0.15, 0.2) is 11.4 Å². The SMILES string of the molecule is CC1CCCCN1C(=O)C12CCC(C)(c3nc(C#N)c(C#N)nc31)C2(C)C. The van der Waals surface area contributed by atoms with Crippen molar-refractivity contribution in [1.82, 2.24) is 14.9 Å². The number of piperidine rings is 1. The molecule has 0 N–H and O–H groups in total. The van der Waals surface area contributed by atoms with E-state index < -0.39 is 5.41 Å². The molecule has 0 spiro atoms. The molecule has 3 atom stereocenters. The second kappa shape index (κ2) is 5.52. The summed E-state index contributed by atoms with van der Waals surface area (Å²) < 4.78 is 0. The molecule has 27 heavy (non-hydrogen) atoms. The van der Waals surface area contributed by atoms with Crippen LogP contribution >= 0.6 is 0 Å². The Bertz CT molecular complexity index is 924. The van der Waals surface area contributed by atoms with Gasteiger partial charge in [0.1, 0.15) is 12.1 Å². The van der Waals surface area contributed by atoms with Gasteiger partial charge < -0.3 is 4.90 Å². The van der Waals surface area contributed by atoms with Crippen LogP contribution in [0.4, 0.5) is 0 Å². The van der Waals surface area contributed by atoms with Gasteiger partial charge >= 0.3 is 0 Å². The van der Waals surface area contributed by atoms with E-state index in [0.717, 1.165) is 44.3 Å². The topological polar surface area (TPSA) is 93.7 Å². The fraction of sp³-hybridized carbons (Fsp3) is 0.667. The van der Waals surface area contributed by atoms with Gasteiger partial charge in [0.05, 0.1) is 16.8 Å². The zero-order chi connectivity index (χ0) is 19.6. The summed E-state index contributed by atoms with van der Waals surface area (Å²) in [5.74, 6) is 0.130. The van der Waals surface area contributed by atoms with Crippen molar-refractivity contribution in [3.63, 3.8) is 0 Å². The van der Waals surface area contributed by atoms with Crippen molar-refractivity contribution in [2.45, 2.75) is 76.7 Å². The minimum atomic E-state index is -0.769. The Kier molecular flexibility index (Phi) is 3.66. The van der Waals surface area contributed by atoms with Crippen molar-refractivity contribution in [3.8, 4) is 12.1 Å². The molecule has 1 amide bonds. The molecule has 1 saturated carbocycles. The molecular formula is C21H25N5O. The van der Waals surface area contributed by atoms with Crippen molar-refractivity contribution in [2.75, 3.05) is 6.54 Å². The highest BCUT2D eigenvalue weighted by molar-refractivity contribution is 5.92. The van der Waals surface area contributed by atoms with Crippen molar-refractivity contribution >= 4 is 5.91 Å². The second-order valence-corrected chi connectivity index (χ2v) is 9.05. The molecule has 4 rings (SSSR count). The van der Waals surface area contributed by atoms with E-state index in [4.69, 9.17) is 0 Å². The number of hydrogen-bond acceptors (Lipinski definition) is 5. The zero-order valence-electron chi connectivity index (χ0n) is 16.5. The number of carbonyl (C=O) groups is 1. The Labute approximate surface area is 160 Å². The predicted octanol–water partition coefficient (Wildman–Crippen LogP) is 2.95. The molecule has 1 aromatic rings. The largest absolute Gasteiger partial charge is 0.339 e. The minimum Gasteiger partial charge on any atom is -0.339 e. The van der Waals surface area contributed by atoms with Crippen LogP contribution in [0.3, 0.4) is 0 Å². The first kappa shape index (κ1) is 17.9. The monoisotopic (exact) mass is 363 g/mol. The molecule has 140 valence electrons. The van der Waals surface area contributed by atoms with Gasteiger partial charge in [-0.25, -0.2) is 9.97 Å². The number of aromatic nitrogens is 2. The van der Waals surface area contributed by atoms with E-state index in [1.807, 2.05) is 17.0 Å². The van der Waals surface area contributed by atoms with Crippen molar-refractivity contribution in [3.05, 3.63) is 22.8 Å². The van der Waals surface area contributed by atoms with Crippen molar-refractivity contribution < 1.29 is 4.79 Å². The summed E-state index contributed by atoms with van der Waals surface area (Å²) >= 11 is 0. The summed E-state index contributed by atoms with van der Waals surface area (Å²) in [6.45, 7) is 9.30. The van der Waals surface area contributed by atoms with E-state index in [9.17, 15) is 15.3 Å². The number of rotatable bonds is 1. The Morgan fingerprint density at radius 3 is 2.30 bits per heavy atom. The van der Waals surface area contributed by atoms with Gasteiger partial charge in [-0.2, -0.15) is 10.5 Å². The highest BCUT2D eigenvalue weighted by Gasteiger charge is 2.74. The van der Waals surface area contributed by atoms with Crippen LogP contribution in [0.2, 0.25) is 0 Å². The molecule has 2 bridgehead atoms. The average Bonchev–Trinajstić information content (AvgIpc) is 2.96. The summed E-state index contributed by atoms with van der Waals surface area (Å²) in [7, 11) is 0. The quantitative estimate of drug-likeness (QED) is 0.764. The van der Waals surface area contributed by atoms with Gasteiger partial charge in [-0.3, -0.25) is 4.79 Å². The molecule has 1 aromatic heterocycles. The summed E-state index contributed by atoms with van der Waals surface area (Å²) in [6, 6.07) is 4.22. The predicted molar refractivity (Wildman–Crippen MR) is 98.5 cm³/mol. The number of carbonyl (C=O) groups excluding carboxylic acids is 1. The molecule has 1 aliphatic heterocycles. The van der Waals surface area contributed by atoms with Gasteiger partial charge in [-0.05, 0) is 44.4 Å². The zero-order valence-corrected chi connectivity index (χ0v) is 16.5. The minimum absolute atomic E-state index is 0.0297. The highest BCUT2D eigenvalue weighted by atomic mass is 16.2. The first-order chi connectivity index (χ1) is 12.7. The molecule has 6 nitrogen and oxygen atoms in total. The van der Waals surface area contributed by atoms with Crippen LogP contribution in [0.1, 0.15) is 82.6 Å². The third kappa shape index (κ3) is 1.91. The van der Waals surface area contributed by atoms with E-state index in [1.165, 1.54) is 0 Å². The van der Waals surface area contributed by atoms with Crippen molar-refractivity contribution in [2.24, 2.45) is 5.41 Å². The molecule has 2 aliphatic carbocycles. The summed E-state index contributed by atoms with van der Waals surface area (Å²) in [5, 5.41) is 18.9. The van der Waals surface area contributed by atoms with Gasteiger partial charge in [0.25, 0.3) is 0 Å². The van der Waals surface area contributed by atoms with E-state index >= 15 is 0 Å².